The van der Waals surface area contributed by atoms with E-state index in [1.165, 1.54) is 6.07 Å². The molecule has 1 unspecified atom stereocenters. The van der Waals surface area contributed by atoms with Gasteiger partial charge in [-0.25, -0.2) is 17.9 Å². The van der Waals surface area contributed by atoms with Crippen LogP contribution in [0.25, 0.3) is 0 Å². The molecule has 0 saturated carbocycles. The van der Waals surface area contributed by atoms with E-state index in [2.05, 4.69) is 4.72 Å². The lowest BCUT2D eigenvalue weighted by atomic mass is 10.1. The number of carboxylic acid groups (broad SMARTS) is 1. The molecule has 19 heavy (non-hydrogen) atoms. The zero-order chi connectivity index (χ0) is 14.8. The molecule has 0 radical (unpaired) electrons. The van der Waals surface area contributed by atoms with Gasteiger partial charge < -0.3 is 5.11 Å². The van der Waals surface area contributed by atoms with Crippen LogP contribution in [0.5, 0.6) is 0 Å². The fraction of sp³-hybridized carbons (Fsp3) is 0.583. The summed E-state index contributed by atoms with van der Waals surface area (Å²) >= 11 is 0.785. The Kier molecular flexibility index (Phi) is 5.11. The van der Waals surface area contributed by atoms with E-state index in [0.29, 0.717) is 11.5 Å². The number of hydrogen-bond donors (Lipinski definition) is 2. The largest absolute Gasteiger partial charge is 0.477 e. The molecule has 1 atom stereocenters. The highest BCUT2D eigenvalue weighted by Gasteiger charge is 2.23. The lowest BCUT2D eigenvalue weighted by Crippen LogP contribution is -2.33. The number of carbonyl (C=O) groups is 1. The Balaban J connectivity index is 2.95. The number of thiophene rings is 1. The van der Waals surface area contributed by atoms with Crippen molar-refractivity contribution in [2.45, 2.75) is 44.4 Å². The first kappa shape index (κ1) is 16.1. The quantitative estimate of drug-likeness (QED) is 0.845. The predicted octanol–water partition coefficient (Wildman–Crippen LogP) is 2.47. The first-order valence-corrected chi connectivity index (χ1v) is 8.29. The van der Waals surface area contributed by atoms with Crippen LogP contribution in [0.4, 0.5) is 0 Å². The molecule has 1 heterocycles. The van der Waals surface area contributed by atoms with Crippen molar-refractivity contribution < 1.29 is 18.3 Å². The third kappa shape index (κ3) is 4.29. The van der Waals surface area contributed by atoms with E-state index in [1.54, 1.807) is 13.8 Å². The summed E-state index contributed by atoms with van der Waals surface area (Å²) in [5, 5.41) is 8.94. The minimum atomic E-state index is -3.64. The van der Waals surface area contributed by atoms with Crippen LogP contribution in [0.1, 0.15) is 42.4 Å². The van der Waals surface area contributed by atoms with Crippen LogP contribution in [0.3, 0.4) is 0 Å². The summed E-state index contributed by atoms with van der Waals surface area (Å²) in [5.41, 5.74) is 0.467. The molecule has 0 spiro atoms. The second-order valence-corrected chi connectivity index (χ2v) is 8.03. The molecule has 0 aromatic carbocycles. The van der Waals surface area contributed by atoms with Crippen molar-refractivity contribution in [2.24, 2.45) is 5.92 Å². The summed E-state index contributed by atoms with van der Waals surface area (Å²) in [6.07, 6.45) is 0.732. The monoisotopic (exact) mass is 305 g/mol. The summed E-state index contributed by atoms with van der Waals surface area (Å²) < 4.78 is 26.9. The van der Waals surface area contributed by atoms with Gasteiger partial charge >= 0.3 is 5.97 Å². The van der Waals surface area contributed by atoms with Gasteiger partial charge in [0, 0.05) is 6.04 Å². The number of rotatable bonds is 6. The van der Waals surface area contributed by atoms with Gasteiger partial charge in [-0.05, 0) is 37.8 Å². The molecule has 0 aliphatic carbocycles. The highest BCUT2D eigenvalue weighted by molar-refractivity contribution is 7.91. The maximum atomic E-state index is 12.1. The molecule has 0 amide bonds. The molecule has 2 N–H and O–H groups in total. The van der Waals surface area contributed by atoms with Gasteiger partial charge in [0.2, 0.25) is 10.0 Å². The standard InChI is InChI=1S/C12H19NO4S2/c1-7(2)5-9(4)13-19(16,17)10-6-8(3)11(18-10)12(14)15/h6-7,9,13H,5H2,1-4H3,(H,14,15). The van der Waals surface area contributed by atoms with Crippen molar-refractivity contribution in [1.29, 1.82) is 0 Å². The molecule has 0 saturated heterocycles. The molecule has 7 heteroatoms. The van der Waals surface area contributed by atoms with Gasteiger partial charge in [-0.2, -0.15) is 0 Å². The molecular formula is C12H19NO4S2. The fourth-order valence-corrected chi connectivity index (χ4v) is 4.53. The van der Waals surface area contributed by atoms with Crippen LogP contribution in [-0.2, 0) is 10.0 Å². The molecule has 0 bridgehead atoms. The average molecular weight is 305 g/mol. The smallest absolute Gasteiger partial charge is 0.346 e. The molecule has 108 valence electrons. The zero-order valence-electron chi connectivity index (χ0n) is 11.4. The minimum Gasteiger partial charge on any atom is -0.477 e. The SMILES string of the molecule is Cc1cc(S(=O)(=O)NC(C)CC(C)C)sc1C(=O)O. The Labute approximate surface area is 117 Å². The number of aromatic carboxylic acids is 1. The van der Waals surface area contributed by atoms with Gasteiger partial charge in [0.15, 0.2) is 0 Å². The number of nitrogens with one attached hydrogen (secondary N) is 1. The first-order chi connectivity index (χ1) is 8.63. The van der Waals surface area contributed by atoms with E-state index in [0.717, 1.165) is 17.8 Å². The van der Waals surface area contributed by atoms with Crippen LogP contribution in [0.15, 0.2) is 10.3 Å². The van der Waals surface area contributed by atoms with E-state index < -0.39 is 16.0 Å². The van der Waals surface area contributed by atoms with Crippen LogP contribution in [0, 0.1) is 12.8 Å². The second kappa shape index (κ2) is 6.02. The van der Waals surface area contributed by atoms with Crippen molar-refractivity contribution in [3.63, 3.8) is 0 Å². The normalized spacial score (nSPS) is 13.7. The zero-order valence-corrected chi connectivity index (χ0v) is 13.1. The van der Waals surface area contributed by atoms with Gasteiger partial charge in [0.1, 0.15) is 9.09 Å². The van der Waals surface area contributed by atoms with Crippen molar-refractivity contribution in [1.82, 2.24) is 4.72 Å². The molecule has 5 nitrogen and oxygen atoms in total. The predicted molar refractivity (Wildman–Crippen MR) is 75.3 cm³/mol. The second-order valence-electron chi connectivity index (χ2n) is 5.03. The van der Waals surface area contributed by atoms with Crippen molar-refractivity contribution in [2.75, 3.05) is 0 Å². The Morgan fingerprint density at radius 1 is 1.42 bits per heavy atom. The van der Waals surface area contributed by atoms with Gasteiger partial charge in [0.25, 0.3) is 0 Å². The Morgan fingerprint density at radius 3 is 2.42 bits per heavy atom. The maximum Gasteiger partial charge on any atom is 0.346 e. The Morgan fingerprint density at radius 2 is 2.00 bits per heavy atom. The molecule has 0 aliphatic heterocycles. The number of hydrogen-bond acceptors (Lipinski definition) is 4. The molecule has 1 aromatic heterocycles. The third-order valence-electron chi connectivity index (χ3n) is 2.54. The Hall–Kier alpha value is -0.920. The van der Waals surface area contributed by atoms with Gasteiger partial charge in [-0.15, -0.1) is 11.3 Å². The highest BCUT2D eigenvalue weighted by Crippen LogP contribution is 2.26. The van der Waals surface area contributed by atoms with Crippen LogP contribution in [-0.4, -0.2) is 25.5 Å². The van der Waals surface area contributed by atoms with Crippen molar-refractivity contribution >= 4 is 27.3 Å². The lowest BCUT2D eigenvalue weighted by Gasteiger charge is -2.15. The highest BCUT2D eigenvalue weighted by atomic mass is 32.2. The summed E-state index contributed by atoms with van der Waals surface area (Å²) in [5.74, 6) is -0.712. The minimum absolute atomic E-state index is 0.0537. The fourth-order valence-electron chi connectivity index (χ4n) is 1.88. The van der Waals surface area contributed by atoms with E-state index >= 15 is 0 Å². The number of aryl methyl sites for hydroxylation is 1. The maximum absolute atomic E-state index is 12.1. The lowest BCUT2D eigenvalue weighted by molar-refractivity contribution is 0.0701. The Bertz CT molecular complexity index is 560. The van der Waals surface area contributed by atoms with Crippen molar-refractivity contribution in [3.05, 3.63) is 16.5 Å². The topological polar surface area (TPSA) is 83.5 Å². The van der Waals surface area contributed by atoms with Gasteiger partial charge in [0.05, 0.1) is 0 Å². The molecule has 1 rings (SSSR count). The third-order valence-corrected chi connectivity index (χ3v) is 5.82. The van der Waals surface area contributed by atoms with Gasteiger partial charge in [-0.1, -0.05) is 13.8 Å². The van der Waals surface area contributed by atoms with E-state index in [1.807, 2.05) is 13.8 Å². The van der Waals surface area contributed by atoms with E-state index in [-0.39, 0.29) is 15.1 Å². The summed E-state index contributed by atoms with van der Waals surface area (Å²) in [7, 11) is -3.64. The van der Waals surface area contributed by atoms with Crippen LogP contribution >= 0.6 is 11.3 Å². The molecule has 0 aliphatic rings. The van der Waals surface area contributed by atoms with E-state index in [9.17, 15) is 13.2 Å². The first-order valence-electron chi connectivity index (χ1n) is 5.99. The van der Waals surface area contributed by atoms with Crippen molar-refractivity contribution in [3.8, 4) is 0 Å². The molecule has 1 aromatic rings. The summed E-state index contributed by atoms with van der Waals surface area (Å²) in [6.45, 7) is 7.43. The van der Waals surface area contributed by atoms with E-state index in [4.69, 9.17) is 5.11 Å². The summed E-state index contributed by atoms with van der Waals surface area (Å²) in [6, 6.07) is 1.22. The van der Waals surface area contributed by atoms with Gasteiger partial charge in [-0.3, -0.25) is 0 Å². The number of carboxylic acids is 1. The molecular weight excluding hydrogens is 286 g/mol. The number of sulfonamides is 1. The van der Waals surface area contributed by atoms with Crippen LogP contribution < -0.4 is 4.72 Å². The molecule has 0 fully saturated rings. The summed E-state index contributed by atoms with van der Waals surface area (Å²) in [4.78, 5) is 11.0. The average Bonchev–Trinajstić information content (AvgIpc) is 2.58. The van der Waals surface area contributed by atoms with Crippen LogP contribution in [0.2, 0.25) is 0 Å².